The number of hydrogen-bond acceptors (Lipinski definition) is 6. The van der Waals surface area contributed by atoms with Crippen molar-refractivity contribution in [3.8, 4) is 22.8 Å². The fraction of sp³-hybridized carbons (Fsp3) is 0.200. The van der Waals surface area contributed by atoms with Gasteiger partial charge in [-0.1, -0.05) is 0 Å². The van der Waals surface area contributed by atoms with Crippen molar-refractivity contribution in [3.63, 3.8) is 0 Å². The highest BCUT2D eigenvalue weighted by Gasteiger charge is 2.08. The lowest BCUT2D eigenvalue weighted by atomic mass is 10.2. The molecule has 9 nitrogen and oxygen atoms in total. The van der Waals surface area contributed by atoms with Crippen LogP contribution in [0.3, 0.4) is 0 Å². The van der Waals surface area contributed by atoms with Gasteiger partial charge in [0.1, 0.15) is 0 Å². The van der Waals surface area contributed by atoms with Crippen molar-refractivity contribution in [2.24, 2.45) is 0 Å². The zero-order valence-corrected chi connectivity index (χ0v) is 16.1. The molecule has 0 aliphatic heterocycles. The lowest BCUT2D eigenvalue weighted by Crippen LogP contribution is -2.34. The Labute approximate surface area is 167 Å². The zero-order valence-electron chi connectivity index (χ0n) is 16.1. The third-order valence-corrected chi connectivity index (χ3v) is 4.07. The molecule has 150 valence electrons. The van der Waals surface area contributed by atoms with Crippen LogP contribution in [0.1, 0.15) is 0 Å². The molecule has 2 aromatic heterocycles. The smallest absolute Gasteiger partial charge is 0.319 e. The number of rotatable bonds is 7. The molecule has 3 aromatic rings. The molecule has 0 spiro atoms. The number of carbonyl (C=O) groups excluding carboxylic acids is 1. The standard InChI is InChI=1S/C20H21N5O4/c1-28-17-7-5-15(12-18(17)29-2)23-20(27)22-10-11-25-19(26)8-6-16(24-25)14-4-3-9-21-13-14/h3-9,12-13H,10-11H2,1-2H3,(H2,22,23,27). The van der Waals surface area contributed by atoms with E-state index in [0.29, 0.717) is 22.9 Å². The van der Waals surface area contributed by atoms with Crippen LogP contribution in [0.4, 0.5) is 10.5 Å². The van der Waals surface area contributed by atoms with Gasteiger partial charge in [0.2, 0.25) is 0 Å². The van der Waals surface area contributed by atoms with Crippen LogP contribution in [-0.4, -0.2) is 41.6 Å². The second kappa shape index (κ2) is 9.36. The van der Waals surface area contributed by atoms with E-state index >= 15 is 0 Å². The summed E-state index contributed by atoms with van der Waals surface area (Å²) in [5.74, 6) is 1.07. The molecule has 2 amide bonds. The van der Waals surface area contributed by atoms with Gasteiger partial charge in [0.05, 0.1) is 26.5 Å². The Morgan fingerprint density at radius 3 is 2.66 bits per heavy atom. The Hall–Kier alpha value is -3.88. The molecular weight excluding hydrogens is 374 g/mol. The predicted molar refractivity (Wildman–Crippen MR) is 108 cm³/mol. The van der Waals surface area contributed by atoms with Gasteiger partial charge < -0.3 is 20.1 Å². The molecule has 0 fully saturated rings. The molecule has 29 heavy (non-hydrogen) atoms. The van der Waals surface area contributed by atoms with Gasteiger partial charge in [-0.3, -0.25) is 9.78 Å². The largest absolute Gasteiger partial charge is 0.493 e. The molecular formula is C20H21N5O4. The maximum Gasteiger partial charge on any atom is 0.319 e. The van der Waals surface area contributed by atoms with Crippen molar-refractivity contribution < 1.29 is 14.3 Å². The number of ether oxygens (including phenoxy) is 2. The molecule has 0 saturated heterocycles. The summed E-state index contributed by atoms with van der Waals surface area (Å²) in [4.78, 5) is 28.2. The Balaban J connectivity index is 1.59. The van der Waals surface area contributed by atoms with Crippen LogP contribution in [0, 0.1) is 0 Å². The highest BCUT2D eigenvalue weighted by Crippen LogP contribution is 2.29. The van der Waals surface area contributed by atoms with Crippen molar-refractivity contribution in [1.82, 2.24) is 20.1 Å². The van der Waals surface area contributed by atoms with Crippen molar-refractivity contribution in [2.45, 2.75) is 6.54 Å². The van der Waals surface area contributed by atoms with Crippen LogP contribution in [-0.2, 0) is 6.54 Å². The van der Waals surface area contributed by atoms with E-state index in [-0.39, 0.29) is 18.6 Å². The monoisotopic (exact) mass is 395 g/mol. The minimum atomic E-state index is -0.409. The van der Waals surface area contributed by atoms with E-state index in [1.807, 2.05) is 6.07 Å². The summed E-state index contributed by atoms with van der Waals surface area (Å²) in [5, 5.41) is 9.73. The van der Waals surface area contributed by atoms with E-state index in [1.165, 1.54) is 25.0 Å². The predicted octanol–water partition coefficient (Wildman–Crippen LogP) is 2.14. The third kappa shape index (κ3) is 5.10. The second-order valence-electron chi connectivity index (χ2n) is 5.97. The lowest BCUT2D eigenvalue weighted by Gasteiger charge is -2.12. The number of amides is 2. The summed E-state index contributed by atoms with van der Waals surface area (Å²) in [6.07, 6.45) is 3.34. The number of carbonyl (C=O) groups is 1. The first-order valence-electron chi connectivity index (χ1n) is 8.86. The number of benzene rings is 1. The maximum atomic E-state index is 12.1. The highest BCUT2D eigenvalue weighted by molar-refractivity contribution is 5.89. The van der Waals surface area contributed by atoms with Crippen molar-refractivity contribution >= 4 is 11.7 Å². The van der Waals surface area contributed by atoms with Gasteiger partial charge in [0.25, 0.3) is 5.56 Å². The Morgan fingerprint density at radius 1 is 1.10 bits per heavy atom. The number of nitrogens with one attached hydrogen (secondary N) is 2. The van der Waals surface area contributed by atoms with Crippen molar-refractivity contribution in [3.05, 3.63) is 65.2 Å². The normalized spacial score (nSPS) is 10.3. The van der Waals surface area contributed by atoms with E-state index in [4.69, 9.17) is 9.47 Å². The van der Waals surface area contributed by atoms with Gasteiger partial charge in [-0.05, 0) is 30.3 Å². The van der Waals surface area contributed by atoms with Crippen molar-refractivity contribution in [1.29, 1.82) is 0 Å². The Bertz CT molecular complexity index is 1040. The number of methoxy groups -OCH3 is 2. The summed E-state index contributed by atoms with van der Waals surface area (Å²) in [6.45, 7) is 0.453. The number of urea groups is 1. The fourth-order valence-electron chi connectivity index (χ4n) is 2.64. The van der Waals surface area contributed by atoms with Gasteiger partial charge in [-0.2, -0.15) is 5.10 Å². The Kier molecular flexibility index (Phi) is 6.41. The molecule has 0 aliphatic rings. The van der Waals surface area contributed by atoms with E-state index in [0.717, 1.165) is 5.56 Å². The number of pyridine rings is 1. The fourth-order valence-corrected chi connectivity index (χ4v) is 2.64. The molecule has 0 atom stereocenters. The first-order chi connectivity index (χ1) is 14.1. The molecule has 1 aromatic carbocycles. The average molecular weight is 395 g/mol. The second-order valence-corrected chi connectivity index (χ2v) is 5.97. The SMILES string of the molecule is COc1ccc(NC(=O)NCCn2nc(-c3cccnc3)ccc2=O)cc1OC. The molecule has 2 heterocycles. The van der Waals surface area contributed by atoms with Gasteiger partial charge >= 0.3 is 6.03 Å². The lowest BCUT2D eigenvalue weighted by molar-refractivity contribution is 0.251. The minimum absolute atomic E-state index is 0.225. The number of anilines is 1. The molecule has 9 heteroatoms. The van der Waals surface area contributed by atoms with Crippen LogP contribution in [0.25, 0.3) is 11.3 Å². The van der Waals surface area contributed by atoms with Gasteiger partial charge in [0, 0.05) is 42.3 Å². The minimum Gasteiger partial charge on any atom is -0.493 e. The Morgan fingerprint density at radius 2 is 1.93 bits per heavy atom. The summed E-state index contributed by atoms with van der Waals surface area (Å²) in [6, 6.07) is 11.4. The summed E-state index contributed by atoms with van der Waals surface area (Å²) in [5.41, 5.74) is 1.74. The molecule has 3 rings (SSSR count). The third-order valence-electron chi connectivity index (χ3n) is 4.07. The molecule has 0 unspecified atom stereocenters. The summed E-state index contributed by atoms with van der Waals surface area (Å²) < 4.78 is 11.7. The molecule has 0 bridgehead atoms. The van der Waals surface area contributed by atoms with Gasteiger partial charge in [0.15, 0.2) is 11.5 Å². The maximum absolute atomic E-state index is 12.1. The first kappa shape index (κ1) is 19.9. The first-order valence-corrected chi connectivity index (χ1v) is 8.86. The van der Waals surface area contributed by atoms with E-state index < -0.39 is 6.03 Å². The van der Waals surface area contributed by atoms with Crippen LogP contribution in [0.5, 0.6) is 11.5 Å². The van der Waals surface area contributed by atoms with E-state index in [1.54, 1.807) is 42.7 Å². The topological polar surface area (TPSA) is 107 Å². The van der Waals surface area contributed by atoms with Crippen molar-refractivity contribution in [2.75, 3.05) is 26.1 Å². The number of nitrogens with zero attached hydrogens (tertiary/aromatic N) is 3. The summed E-state index contributed by atoms with van der Waals surface area (Å²) >= 11 is 0. The van der Waals surface area contributed by atoms with E-state index in [2.05, 4.69) is 20.7 Å². The quantitative estimate of drug-likeness (QED) is 0.635. The highest BCUT2D eigenvalue weighted by atomic mass is 16.5. The zero-order chi connectivity index (χ0) is 20.6. The molecule has 0 radical (unpaired) electrons. The van der Waals surface area contributed by atoms with Crippen LogP contribution in [0.15, 0.2) is 59.7 Å². The number of aromatic nitrogens is 3. The van der Waals surface area contributed by atoms with Crippen LogP contribution < -0.4 is 25.7 Å². The van der Waals surface area contributed by atoms with Gasteiger partial charge in [-0.25, -0.2) is 9.48 Å². The molecule has 2 N–H and O–H groups in total. The van der Waals surface area contributed by atoms with Crippen LogP contribution >= 0.6 is 0 Å². The average Bonchev–Trinajstić information content (AvgIpc) is 2.75. The summed E-state index contributed by atoms with van der Waals surface area (Å²) in [7, 11) is 3.06. The molecule has 0 aliphatic carbocycles. The van der Waals surface area contributed by atoms with Crippen LogP contribution in [0.2, 0.25) is 0 Å². The van der Waals surface area contributed by atoms with E-state index in [9.17, 15) is 9.59 Å². The number of hydrogen-bond donors (Lipinski definition) is 2. The molecule has 0 saturated carbocycles. The van der Waals surface area contributed by atoms with Gasteiger partial charge in [-0.15, -0.1) is 0 Å².